The molecule has 0 aromatic heterocycles. The quantitative estimate of drug-likeness (QED) is 0.223. The van der Waals surface area contributed by atoms with Gasteiger partial charge in [0, 0.05) is 11.1 Å². The number of nitro benzene ring substituents is 1. The van der Waals surface area contributed by atoms with Gasteiger partial charge < -0.3 is 4.74 Å². The van der Waals surface area contributed by atoms with Gasteiger partial charge in [0.1, 0.15) is 11.4 Å². The number of benzene rings is 3. The summed E-state index contributed by atoms with van der Waals surface area (Å²) in [7, 11) is -4.13. The zero-order valence-corrected chi connectivity index (χ0v) is 19.0. The number of hydrogen-bond acceptors (Lipinski definition) is 7. The molecule has 0 amide bonds. The second-order valence-electron chi connectivity index (χ2n) is 6.76. The first-order chi connectivity index (χ1) is 16.0. The van der Waals surface area contributed by atoms with Crippen LogP contribution in [0.4, 0.5) is 25.8 Å². The van der Waals surface area contributed by atoms with Crippen LogP contribution in [0.3, 0.4) is 0 Å². The lowest BCUT2D eigenvalue weighted by molar-refractivity contribution is -0.384. The number of hydrogen-bond donors (Lipinski definition) is 2. The second kappa shape index (κ2) is 10.4. The van der Waals surface area contributed by atoms with Gasteiger partial charge in [-0.25, -0.2) is 8.42 Å². The van der Waals surface area contributed by atoms with E-state index >= 15 is 0 Å². The first-order valence-corrected chi connectivity index (χ1v) is 11.3. The van der Waals surface area contributed by atoms with Gasteiger partial charge in [-0.2, -0.15) is 13.9 Å². The normalized spacial score (nSPS) is 11.9. The van der Waals surface area contributed by atoms with Crippen molar-refractivity contribution in [3.8, 4) is 5.75 Å². The largest absolute Gasteiger partial charge is 0.435 e. The SMILES string of the molecule is C/C(=N\Nc1ccc(S(=O)(=O)Nc2cccc(Cl)c2)cc1[N+](=O)[O-])c1ccc(OC(F)F)cc1. The maximum atomic E-state index is 12.7. The van der Waals surface area contributed by atoms with E-state index in [1.807, 2.05) is 0 Å². The number of nitrogens with zero attached hydrogens (tertiary/aromatic N) is 2. The first kappa shape index (κ1) is 24.9. The molecule has 0 spiro atoms. The van der Waals surface area contributed by atoms with Gasteiger partial charge >= 0.3 is 6.61 Å². The number of ether oxygens (including phenoxy) is 1. The molecule has 0 saturated heterocycles. The lowest BCUT2D eigenvalue weighted by atomic mass is 10.1. The summed E-state index contributed by atoms with van der Waals surface area (Å²) in [6.45, 7) is -1.36. The minimum absolute atomic E-state index is 0.0293. The fraction of sp³-hybridized carbons (Fsp3) is 0.0952. The number of anilines is 2. The van der Waals surface area contributed by atoms with Crippen LogP contribution in [0.15, 0.2) is 76.7 Å². The molecule has 0 unspecified atom stereocenters. The molecular formula is C21H17ClF2N4O5S. The number of alkyl halides is 2. The Bertz CT molecular complexity index is 1340. The Morgan fingerprint density at radius 2 is 1.82 bits per heavy atom. The lowest BCUT2D eigenvalue weighted by Crippen LogP contribution is -2.13. The van der Waals surface area contributed by atoms with E-state index in [0.29, 0.717) is 16.3 Å². The smallest absolute Gasteiger partial charge is 0.387 e. The minimum atomic E-state index is -4.13. The third-order valence-corrected chi connectivity index (χ3v) is 6.01. The molecule has 3 aromatic carbocycles. The summed E-state index contributed by atoms with van der Waals surface area (Å²) in [6, 6.07) is 14.9. The fourth-order valence-electron chi connectivity index (χ4n) is 2.78. The molecule has 178 valence electrons. The van der Waals surface area contributed by atoms with Gasteiger partial charge in [0.15, 0.2) is 0 Å². The highest BCUT2D eigenvalue weighted by atomic mass is 35.5. The van der Waals surface area contributed by atoms with Gasteiger partial charge in [0.25, 0.3) is 15.7 Å². The van der Waals surface area contributed by atoms with E-state index in [9.17, 15) is 27.3 Å². The highest BCUT2D eigenvalue weighted by Gasteiger charge is 2.22. The number of hydrazone groups is 1. The van der Waals surface area contributed by atoms with Crippen molar-refractivity contribution in [2.75, 3.05) is 10.1 Å². The van der Waals surface area contributed by atoms with Crippen LogP contribution >= 0.6 is 11.6 Å². The van der Waals surface area contributed by atoms with E-state index in [2.05, 4.69) is 20.0 Å². The average Bonchev–Trinajstić information content (AvgIpc) is 2.77. The summed E-state index contributed by atoms with van der Waals surface area (Å²) in [5.41, 5.74) is 3.09. The number of rotatable bonds is 9. The van der Waals surface area contributed by atoms with E-state index in [1.165, 1.54) is 48.5 Å². The third kappa shape index (κ3) is 6.39. The van der Waals surface area contributed by atoms with Crippen molar-refractivity contribution in [3.63, 3.8) is 0 Å². The van der Waals surface area contributed by atoms with Crippen molar-refractivity contribution in [2.24, 2.45) is 5.10 Å². The van der Waals surface area contributed by atoms with E-state index in [1.54, 1.807) is 19.1 Å². The molecule has 0 saturated carbocycles. The van der Waals surface area contributed by atoms with Gasteiger partial charge in [-0.15, -0.1) is 0 Å². The van der Waals surface area contributed by atoms with Gasteiger partial charge in [-0.1, -0.05) is 17.7 Å². The van der Waals surface area contributed by atoms with Crippen LogP contribution in [-0.2, 0) is 10.0 Å². The molecule has 3 rings (SSSR count). The van der Waals surface area contributed by atoms with Crippen molar-refractivity contribution < 1.29 is 26.9 Å². The van der Waals surface area contributed by atoms with Crippen molar-refractivity contribution in [1.82, 2.24) is 0 Å². The van der Waals surface area contributed by atoms with Gasteiger partial charge in [0.2, 0.25) is 0 Å². The van der Waals surface area contributed by atoms with Crippen LogP contribution in [0.5, 0.6) is 5.75 Å². The van der Waals surface area contributed by atoms with Crippen molar-refractivity contribution in [1.29, 1.82) is 0 Å². The van der Waals surface area contributed by atoms with Crippen LogP contribution < -0.4 is 14.9 Å². The van der Waals surface area contributed by atoms with Crippen LogP contribution in [0.1, 0.15) is 12.5 Å². The predicted octanol–water partition coefficient (Wildman–Crippen LogP) is 5.49. The van der Waals surface area contributed by atoms with Gasteiger partial charge in [0.05, 0.1) is 21.2 Å². The standard InChI is InChI=1S/C21H17ClF2N4O5S/c1-13(14-5-7-17(8-6-14)33-21(23)24)25-26-19-10-9-18(12-20(19)28(29)30)34(31,32)27-16-4-2-3-15(22)11-16/h2-12,21,26-27H,1H3/b25-13+. The molecule has 0 atom stereocenters. The molecule has 2 N–H and O–H groups in total. The summed E-state index contributed by atoms with van der Waals surface area (Å²) in [4.78, 5) is 10.5. The van der Waals surface area contributed by atoms with E-state index in [0.717, 1.165) is 6.07 Å². The molecule has 0 fully saturated rings. The molecule has 3 aromatic rings. The average molecular weight is 511 g/mol. The molecule has 0 aliphatic heterocycles. The Labute approximate surface area is 198 Å². The van der Waals surface area contributed by atoms with Crippen molar-refractivity contribution >= 4 is 44.4 Å². The molecule has 0 aliphatic carbocycles. The van der Waals surface area contributed by atoms with Gasteiger partial charge in [-0.3, -0.25) is 20.3 Å². The Balaban J connectivity index is 1.82. The van der Waals surface area contributed by atoms with Crippen molar-refractivity contribution in [3.05, 3.63) is 87.4 Å². The van der Waals surface area contributed by atoms with Crippen LogP contribution in [0.25, 0.3) is 0 Å². The zero-order valence-electron chi connectivity index (χ0n) is 17.4. The maximum absolute atomic E-state index is 12.7. The summed E-state index contributed by atoms with van der Waals surface area (Å²) in [5.74, 6) is -0.0293. The zero-order chi connectivity index (χ0) is 24.9. The Morgan fingerprint density at radius 3 is 2.44 bits per heavy atom. The molecule has 0 aliphatic rings. The van der Waals surface area contributed by atoms with Crippen LogP contribution in [0, 0.1) is 10.1 Å². The highest BCUT2D eigenvalue weighted by Crippen LogP contribution is 2.29. The molecule has 9 nitrogen and oxygen atoms in total. The molecule has 0 radical (unpaired) electrons. The number of sulfonamides is 1. The number of halogens is 3. The van der Waals surface area contributed by atoms with Gasteiger partial charge in [-0.05, 0) is 67.1 Å². The Morgan fingerprint density at radius 1 is 1.12 bits per heavy atom. The molecule has 0 bridgehead atoms. The van der Waals surface area contributed by atoms with Crippen LogP contribution in [-0.4, -0.2) is 25.7 Å². The van der Waals surface area contributed by atoms with E-state index < -0.39 is 27.2 Å². The summed E-state index contributed by atoms with van der Waals surface area (Å²) < 4.78 is 56.4. The predicted molar refractivity (Wildman–Crippen MR) is 124 cm³/mol. The Hall–Kier alpha value is -3.77. The molecular weight excluding hydrogens is 494 g/mol. The Kier molecular flexibility index (Phi) is 7.64. The second-order valence-corrected chi connectivity index (χ2v) is 8.88. The minimum Gasteiger partial charge on any atom is -0.435 e. The lowest BCUT2D eigenvalue weighted by Gasteiger charge is -2.10. The summed E-state index contributed by atoms with van der Waals surface area (Å²) >= 11 is 5.86. The third-order valence-electron chi connectivity index (χ3n) is 4.39. The van der Waals surface area contributed by atoms with E-state index in [4.69, 9.17) is 11.6 Å². The highest BCUT2D eigenvalue weighted by molar-refractivity contribution is 7.92. The number of nitro groups is 1. The molecule has 13 heteroatoms. The monoisotopic (exact) mass is 510 g/mol. The van der Waals surface area contributed by atoms with Crippen LogP contribution in [0.2, 0.25) is 5.02 Å². The maximum Gasteiger partial charge on any atom is 0.387 e. The van der Waals surface area contributed by atoms with Crippen molar-refractivity contribution in [2.45, 2.75) is 18.4 Å². The molecule has 0 heterocycles. The summed E-state index contributed by atoms with van der Waals surface area (Å²) in [6.07, 6.45) is 0. The topological polar surface area (TPSA) is 123 Å². The first-order valence-electron chi connectivity index (χ1n) is 9.47. The molecule has 34 heavy (non-hydrogen) atoms. The number of nitrogens with one attached hydrogen (secondary N) is 2. The fourth-order valence-corrected chi connectivity index (χ4v) is 4.04. The van der Waals surface area contributed by atoms with E-state index in [-0.39, 0.29) is 22.0 Å². The summed E-state index contributed by atoms with van der Waals surface area (Å²) in [5, 5.41) is 15.9.